The molecule has 1 aliphatic rings. The molecule has 2 aromatic carbocycles. The molecular weight excluding hydrogens is 408 g/mol. The molecule has 0 aliphatic carbocycles. The largest absolute Gasteiger partial charge is 0.484 e. The van der Waals surface area contributed by atoms with E-state index in [0.29, 0.717) is 31.7 Å². The topological polar surface area (TPSA) is 49.9 Å². The number of benzene rings is 2. The first kappa shape index (κ1) is 19.4. The van der Waals surface area contributed by atoms with Gasteiger partial charge in [0.2, 0.25) is 0 Å². The van der Waals surface area contributed by atoms with Crippen LogP contribution >= 0.6 is 15.9 Å². The molecule has 142 valence electrons. The molecule has 0 bridgehead atoms. The highest BCUT2D eigenvalue weighted by atomic mass is 79.9. The number of rotatable bonds is 4. The van der Waals surface area contributed by atoms with Crippen LogP contribution in [0.15, 0.2) is 46.9 Å². The number of carbonyl (C=O) groups is 2. The third-order valence-electron chi connectivity index (χ3n) is 4.67. The summed E-state index contributed by atoms with van der Waals surface area (Å²) in [5.41, 5.74) is 2.84. The number of aryl methyl sites for hydroxylation is 2. The molecule has 5 nitrogen and oxygen atoms in total. The predicted molar refractivity (Wildman–Crippen MR) is 108 cm³/mol. The van der Waals surface area contributed by atoms with E-state index in [0.717, 1.165) is 21.3 Å². The number of hydrogen-bond donors (Lipinski definition) is 0. The highest BCUT2D eigenvalue weighted by Gasteiger charge is 2.25. The fraction of sp³-hybridized carbons (Fsp3) is 0.333. The Bertz CT molecular complexity index is 845. The summed E-state index contributed by atoms with van der Waals surface area (Å²) in [7, 11) is 0. The van der Waals surface area contributed by atoms with E-state index in [9.17, 15) is 9.59 Å². The molecule has 6 heteroatoms. The zero-order chi connectivity index (χ0) is 19.4. The van der Waals surface area contributed by atoms with E-state index < -0.39 is 0 Å². The van der Waals surface area contributed by atoms with Crippen LogP contribution in [0, 0.1) is 13.8 Å². The highest BCUT2D eigenvalue weighted by molar-refractivity contribution is 9.10. The van der Waals surface area contributed by atoms with Crippen LogP contribution in [0.2, 0.25) is 0 Å². The van der Waals surface area contributed by atoms with E-state index in [1.165, 1.54) is 0 Å². The van der Waals surface area contributed by atoms with E-state index in [1.54, 1.807) is 9.80 Å². The summed E-state index contributed by atoms with van der Waals surface area (Å²) < 4.78 is 6.57. The summed E-state index contributed by atoms with van der Waals surface area (Å²) in [4.78, 5) is 28.6. The molecule has 0 radical (unpaired) electrons. The molecular formula is C21H23BrN2O3. The molecule has 0 saturated carbocycles. The van der Waals surface area contributed by atoms with Crippen LogP contribution in [0.1, 0.15) is 21.5 Å². The smallest absolute Gasteiger partial charge is 0.260 e. The van der Waals surface area contributed by atoms with Gasteiger partial charge in [0, 0.05) is 36.2 Å². The molecule has 0 atom stereocenters. The third kappa shape index (κ3) is 4.89. The number of halogens is 1. The number of hydrogen-bond acceptors (Lipinski definition) is 3. The normalized spacial score (nSPS) is 14.2. The van der Waals surface area contributed by atoms with Crippen molar-refractivity contribution in [2.75, 3.05) is 32.8 Å². The molecule has 0 N–H and O–H groups in total. The quantitative estimate of drug-likeness (QED) is 0.746. The highest BCUT2D eigenvalue weighted by Crippen LogP contribution is 2.19. The van der Waals surface area contributed by atoms with Crippen molar-refractivity contribution in [3.63, 3.8) is 0 Å². The van der Waals surface area contributed by atoms with Crippen molar-refractivity contribution in [3.8, 4) is 5.75 Å². The Balaban J connectivity index is 1.51. The first-order chi connectivity index (χ1) is 12.9. The van der Waals surface area contributed by atoms with E-state index in [4.69, 9.17) is 4.74 Å². The van der Waals surface area contributed by atoms with Crippen LogP contribution in [-0.2, 0) is 4.79 Å². The van der Waals surface area contributed by atoms with Gasteiger partial charge in [-0.25, -0.2) is 0 Å². The number of nitrogens with zero attached hydrogens (tertiary/aromatic N) is 2. The second-order valence-electron chi connectivity index (χ2n) is 6.74. The Labute approximate surface area is 168 Å². The number of ether oxygens (including phenoxy) is 1. The molecule has 1 heterocycles. The molecule has 1 aliphatic heterocycles. The van der Waals surface area contributed by atoms with Crippen LogP contribution < -0.4 is 4.74 Å². The first-order valence-electron chi connectivity index (χ1n) is 8.97. The lowest BCUT2D eigenvalue weighted by atomic mass is 10.1. The van der Waals surface area contributed by atoms with E-state index in [2.05, 4.69) is 15.9 Å². The molecule has 2 amide bonds. The van der Waals surface area contributed by atoms with Gasteiger partial charge in [-0.2, -0.15) is 0 Å². The van der Waals surface area contributed by atoms with Crippen molar-refractivity contribution in [1.82, 2.24) is 9.80 Å². The van der Waals surface area contributed by atoms with Gasteiger partial charge in [-0.1, -0.05) is 39.7 Å². The summed E-state index contributed by atoms with van der Waals surface area (Å²) in [5, 5.41) is 0. The summed E-state index contributed by atoms with van der Waals surface area (Å²) >= 11 is 3.39. The molecule has 1 saturated heterocycles. The van der Waals surface area contributed by atoms with Gasteiger partial charge in [0.1, 0.15) is 5.75 Å². The fourth-order valence-corrected chi connectivity index (χ4v) is 3.55. The maximum absolute atomic E-state index is 12.6. The Hall–Kier alpha value is -2.34. The minimum atomic E-state index is -0.0514. The van der Waals surface area contributed by atoms with Crippen molar-refractivity contribution in [2.24, 2.45) is 0 Å². The molecule has 2 aromatic rings. The summed E-state index contributed by atoms with van der Waals surface area (Å²) in [6, 6.07) is 13.3. The van der Waals surface area contributed by atoms with Gasteiger partial charge < -0.3 is 14.5 Å². The molecule has 27 heavy (non-hydrogen) atoms. The molecule has 1 fully saturated rings. The van der Waals surface area contributed by atoms with E-state index in [1.807, 2.05) is 56.3 Å². The average molecular weight is 431 g/mol. The minimum absolute atomic E-state index is 0.00470. The Morgan fingerprint density at radius 2 is 1.70 bits per heavy atom. The van der Waals surface area contributed by atoms with Crippen molar-refractivity contribution < 1.29 is 14.3 Å². The van der Waals surface area contributed by atoms with E-state index in [-0.39, 0.29) is 18.4 Å². The molecule has 0 aromatic heterocycles. The lowest BCUT2D eigenvalue weighted by Crippen LogP contribution is -2.51. The number of piperazine rings is 1. The predicted octanol–water partition coefficient (Wildman–Crippen LogP) is 3.43. The summed E-state index contributed by atoms with van der Waals surface area (Å²) in [6.07, 6.45) is 0. The SMILES string of the molecule is Cc1ccc(OCC(=O)N2CCN(C(=O)c3cccc(Br)c3)CC2)c(C)c1. The van der Waals surface area contributed by atoms with Crippen molar-refractivity contribution in [3.05, 3.63) is 63.6 Å². The van der Waals surface area contributed by atoms with Crippen LogP contribution in [0.4, 0.5) is 0 Å². The maximum Gasteiger partial charge on any atom is 0.260 e. The van der Waals surface area contributed by atoms with E-state index >= 15 is 0 Å². The Morgan fingerprint density at radius 3 is 2.37 bits per heavy atom. The second-order valence-corrected chi connectivity index (χ2v) is 7.66. The number of carbonyl (C=O) groups excluding carboxylic acids is 2. The second kappa shape index (κ2) is 8.57. The van der Waals surface area contributed by atoms with Gasteiger partial charge in [0.15, 0.2) is 6.61 Å². The van der Waals surface area contributed by atoms with Crippen molar-refractivity contribution in [1.29, 1.82) is 0 Å². The standard InChI is InChI=1S/C21H23BrN2O3/c1-15-6-7-19(16(2)12-15)27-14-20(25)23-8-10-24(11-9-23)21(26)17-4-3-5-18(22)13-17/h3-7,12-13H,8-11,14H2,1-2H3. The van der Waals surface area contributed by atoms with Crippen LogP contribution in [0.3, 0.4) is 0 Å². The zero-order valence-electron chi connectivity index (χ0n) is 15.6. The molecule has 0 unspecified atom stereocenters. The minimum Gasteiger partial charge on any atom is -0.484 e. The first-order valence-corrected chi connectivity index (χ1v) is 9.76. The van der Waals surface area contributed by atoms with Gasteiger partial charge in [0.05, 0.1) is 0 Å². The molecule has 3 rings (SSSR count). The average Bonchev–Trinajstić information content (AvgIpc) is 2.66. The van der Waals surface area contributed by atoms with Gasteiger partial charge in [-0.15, -0.1) is 0 Å². The van der Waals surface area contributed by atoms with Crippen LogP contribution in [-0.4, -0.2) is 54.4 Å². The van der Waals surface area contributed by atoms with Crippen LogP contribution in [0.25, 0.3) is 0 Å². The van der Waals surface area contributed by atoms with Crippen LogP contribution in [0.5, 0.6) is 5.75 Å². The Morgan fingerprint density at radius 1 is 1.00 bits per heavy atom. The van der Waals surface area contributed by atoms with Gasteiger partial charge >= 0.3 is 0 Å². The van der Waals surface area contributed by atoms with Gasteiger partial charge in [-0.05, 0) is 43.7 Å². The van der Waals surface area contributed by atoms with Gasteiger partial charge in [0.25, 0.3) is 11.8 Å². The molecule has 0 spiro atoms. The number of amides is 2. The third-order valence-corrected chi connectivity index (χ3v) is 5.17. The van der Waals surface area contributed by atoms with Gasteiger partial charge in [-0.3, -0.25) is 9.59 Å². The maximum atomic E-state index is 12.6. The lowest BCUT2D eigenvalue weighted by molar-refractivity contribution is -0.134. The Kier molecular flexibility index (Phi) is 6.16. The zero-order valence-corrected chi connectivity index (χ0v) is 17.2. The fourth-order valence-electron chi connectivity index (χ4n) is 3.16. The monoisotopic (exact) mass is 430 g/mol. The lowest BCUT2D eigenvalue weighted by Gasteiger charge is -2.34. The summed E-state index contributed by atoms with van der Waals surface area (Å²) in [6.45, 7) is 6.12. The summed E-state index contributed by atoms with van der Waals surface area (Å²) in [5.74, 6) is 0.678. The van der Waals surface area contributed by atoms with Crippen molar-refractivity contribution in [2.45, 2.75) is 13.8 Å². The van der Waals surface area contributed by atoms with Crippen molar-refractivity contribution >= 4 is 27.7 Å².